The standard InChI is InChI=1S/C10H15NO2S/c1-7-11-9(6-14-7)10-4-2-3-8(5-12)13-10/h6,8,10,12H,2-5H2,1H3. The maximum absolute atomic E-state index is 9.02. The van der Waals surface area contributed by atoms with E-state index in [1.165, 1.54) is 0 Å². The van der Waals surface area contributed by atoms with Crippen LogP contribution in [0, 0.1) is 6.92 Å². The fourth-order valence-corrected chi connectivity index (χ4v) is 2.43. The third-order valence-corrected chi connectivity index (χ3v) is 3.31. The summed E-state index contributed by atoms with van der Waals surface area (Å²) in [7, 11) is 0. The molecular weight excluding hydrogens is 198 g/mol. The second-order valence-corrected chi connectivity index (χ2v) is 4.71. The average Bonchev–Trinajstić information content (AvgIpc) is 2.65. The third kappa shape index (κ3) is 2.13. The van der Waals surface area contributed by atoms with Crippen molar-refractivity contribution in [3.63, 3.8) is 0 Å². The Morgan fingerprint density at radius 1 is 1.64 bits per heavy atom. The van der Waals surface area contributed by atoms with Gasteiger partial charge in [-0.15, -0.1) is 11.3 Å². The number of aryl methyl sites for hydroxylation is 1. The van der Waals surface area contributed by atoms with Gasteiger partial charge < -0.3 is 9.84 Å². The number of aromatic nitrogens is 1. The summed E-state index contributed by atoms with van der Waals surface area (Å²) in [6.45, 7) is 2.13. The number of aliphatic hydroxyl groups is 1. The molecule has 0 aliphatic carbocycles. The van der Waals surface area contributed by atoms with Crippen molar-refractivity contribution in [2.45, 2.75) is 38.4 Å². The van der Waals surface area contributed by atoms with Crippen LogP contribution in [0.3, 0.4) is 0 Å². The first-order valence-electron chi connectivity index (χ1n) is 4.98. The molecule has 0 saturated carbocycles. The summed E-state index contributed by atoms with van der Waals surface area (Å²) in [6, 6.07) is 0. The molecule has 1 fully saturated rings. The number of aliphatic hydroxyl groups excluding tert-OH is 1. The SMILES string of the molecule is Cc1nc(C2CCCC(CO)O2)cs1. The van der Waals surface area contributed by atoms with Gasteiger partial charge in [-0.25, -0.2) is 4.98 Å². The van der Waals surface area contributed by atoms with Gasteiger partial charge in [0.1, 0.15) is 6.10 Å². The molecule has 0 radical (unpaired) electrons. The summed E-state index contributed by atoms with van der Waals surface area (Å²) in [6.07, 6.45) is 3.23. The number of hydrogen-bond acceptors (Lipinski definition) is 4. The molecule has 0 bridgehead atoms. The molecule has 2 unspecified atom stereocenters. The minimum atomic E-state index is 0.00996. The molecule has 1 aromatic rings. The Bertz CT molecular complexity index is 300. The van der Waals surface area contributed by atoms with E-state index < -0.39 is 0 Å². The van der Waals surface area contributed by atoms with Gasteiger partial charge in [-0.3, -0.25) is 0 Å². The van der Waals surface area contributed by atoms with Crippen molar-refractivity contribution >= 4 is 11.3 Å². The first kappa shape index (κ1) is 10.1. The lowest BCUT2D eigenvalue weighted by Crippen LogP contribution is -2.25. The zero-order chi connectivity index (χ0) is 9.97. The highest BCUT2D eigenvalue weighted by molar-refractivity contribution is 7.09. The van der Waals surface area contributed by atoms with E-state index >= 15 is 0 Å². The van der Waals surface area contributed by atoms with E-state index in [0.29, 0.717) is 0 Å². The fraction of sp³-hybridized carbons (Fsp3) is 0.700. The second-order valence-electron chi connectivity index (χ2n) is 3.65. The van der Waals surface area contributed by atoms with Crippen molar-refractivity contribution in [2.24, 2.45) is 0 Å². The van der Waals surface area contributed by atoms with Gasteiger partial charge >= 0.3 is 0 Å². The molecule has 1 saturated heterocycles. The van der Waals surface area contributed by atoms with Crippen molar-refractivity contribution in [1.29, 1.82) is 0 Å². The van der Waals surface area contributed by atoms with E-state index in [0.717, 1.165) is 30.0 Å². The van der Waals surface area contributed by atoms with Crippen LogP contribution in [-0.2, 0) is 4.74 Å². The maximum atomic E-state index is 9.02. The van der Waals surface area contributed by atoms with Crippen LogP contribution in [0.2, 0.25) is 0 Å². The van der Waals surface area contributed by atoms with E-state index in [4.69, 9.17) is 9.84 Å². The van der Waals surface area contributed by atoms with Gasteiger partial charge in [0.25, 0.3) is 0 Å². The molecular formula is C10H15NO2S. The Kier molecular flexibility index (Phi) is 3.15. The predicted octanol–water partition coefficient (Wildman–Crippen LogP) is 2.05. The minimum Gasteiger partial charge on any atom is -0.394 e. The van der Waals surface area contributed by atoms with E-state index in [1.807, 2.05) is 6.92 Å². The minimum absolute atomic E-state index is 0.00996. The van der Waals surface area contributed by atoms with Gasteiger partial charge in [-0.05, 0) is 26.2 Å². The predicted molar refractivity (Wildman–Crippen MR) is 55.4 cm³/mol. The molecule has 4 heteroatoms. The highest BCUT2D eigenvalue weighted by atomic mass is 32.1. The fourth-order valence-electron chi connectivity index (χ4n) is 1.78. The van der Waals surface area contributed by atoms with Crippen LogP contribution in [0.25, 0.3) is 0 Å². The van der Waals surface area contributed by atoms with Crippen molar-refractivity contribution in [3.05, 3.63) is 16.1 Å². The lowest BCUT2D eigenvalue weighted by atomic mass is 10.0. The maximum Gasteiger partial charge on any atom is 0.101 e. The Hall–Kier alpha value is -0.450. The first-order chi connectivity index (χ1) is 6.79. The van der Waals surface area contributed by atoms with Crippen LogP contribution < -0.4 is 0 Å². The molecule has 1 aliphatic rings. The van der Waals surface area contributed by atoms with E-state index in [9.17, 15) is 0 Å². The number of nitrogens with zero attached hydrogens (tertiary/aromatic N) is 1. The summed E-state index contributed by atoms with van der Waals surface area (Å²) in [5, 5.41) is 12.2. The zero-order valence-electron chi connectivity index (χ0n) is 8.27. The number of hydrogen-bond donors (Lipinski definition) is 1. The van der Waals surface area contributed by atoms with Gasteiger partial charge in [0.05, 0.1) is 23.4 Å². The second kappa shape index (κ2) is 4.38. The molecule has 2 heterocycles. The highest BCUT2D eigenvalue weighted by Gasteiger charge is 2.24. The van der Waals surface area contributed by atoms with Gasteiger partial charge in [0.15, 0.2) is 0 Å². The lowest BCUT2D eigenvalue weighted by molar-refractivity contribution is -0.0751. The van der Waals surface area contributed by atoms with E-state index in [2.05, 4.69) is 10.4 Å². The Morgan fingerprint density at radius 3 is 3.14 bits per heavy atom. The molecule has 1 aromatic heterocycles. The van der Waals surface area contributed by atoms with Crippen molar-refractivity contribution in [2.75, 3.05) is 6.61 Å². The Morgan fingerprint density at radius 2 is 2.50 bits per heavy atom. The van der Waals surface area contributed by atoms with Gasteiger partial charge in [0, 0.05) is 5.38 Å². The number of thiazole rings is 1. The molecule has 0 aromatic carbocycles. The smallest absolute Gasteiger partial charge is 0.101 e. The quantitative estimate of drug-likeness (QED) is 0.817. The van der Waals surface area contributed by atoms with Gasteiger partial charge in [-0.2, -0.15) is 0 Å². The van der Waals surface area contributed by atoms with E-state index in [-0.39, 0.29) is 18.8 Å². The molecule has 3 nitrogen and oxygen atoms in total. The molecule has 14 heavy (non-hydrogen) atoms. The van der Waals surface area contributed by atoms with Crippen LogP contribution >= 0.6 is 11.3 Å². The Labute approximate surface area is 87.7 Å². The van der Waals surface area contributed by atoms with Crippen LogP contribution in [0.5, 0.6) is 0 Å². The van der Waals surface area contributed by atoms with Gasteiger partial charge in [-0.1, -0.05) is 0 Å². The monoisotopic (exact) mass is 213 g/mol. The molecule has 0 spiro atoms. The molecule has 2 atom stereocenters. The van der Waals surface area contributed by atoms with Crippen LogP contribution in [-0.4, -0.2) is 22.8 Å². The van der Waals surface area contributed by atoms with Crippen LogP contribution in [0.4, 0.5) is 0 Å². The molecule has 1 aliphatic heterocycles. The summed E-state index contributed by atoms with van der Waals surface area (Å²) >= 11 is 1.65. The van der Waals surface area contributed by atoms with E-state index in [1.54, 1.807) is 11.3 Å². The molecule has 78 valence electrons. The number of ether oxygens (including phenoxy) is 1. The van der Waals surface area contributed by atoms with Crippen molar-refractivity contribution < 1.29 is 9.84 Å². The average molecular weight is 213 g/mol. The summed E-state index contributed by atoms with van der Waals surface area (Å²) in [5.74, 6) is 0. The largest absolute Gasteiger partial charge is 0.394 e. The first-order valence-corrected chi connectivity index (χ1v) is 5.86. The molecule has 2 rings (SSSR count). The normalized spacial score (nSPS) is 27.9. The van der Waals surface area contributed by atoms with Gasteiger partial charge in [0.2, 0.25) is 0 Å². The van der Waals surface area contributed by atoms with Crippen LogP contribution in [0.1, 0.15) is 36.1 Å². The lowest BCUT2D eigenvalue weighted by Gasteiger charge is -2.27. The summed E-state index contributed by atoms with van der Waals surface area (Å²) in [4.78, 5) is 4.41. The summed E-state index contributed by atoms with van der Waals surface area (Å²) < 4.78 is 5.73. The Balaban J connectivity index is 2.04. The molecule has 0 amide bonds. The number of rotatable bonds is 2. The van der Waals surface area contributed by atoms with Crippen molar-refractivity contribution in [1.82, 2.24) is 4.98 Å². The molecule has 1 N–H and O–H groups in total. The van der Waals surface area contributed by atoms with Crippen LogP contribution in [0.15, 0.2) is 5.38 Å². The topological polar surface area (TPSA) is 42.4 Å². The summed E-state index contributed by atoms with van der Waals surface area (Å²) in [5.41, 5.74) is 1.03. The highest BCUT2D eigenvalue weighted by Crippen LogP contribution is 2.31. The third-order valence-electron chi connectivity index (χ3n) is 2.52. The van der Waals surface area contributed by atoms with Crippen molar-refractivity contribution in [3.8, 4) is 0 Å². The zero-order valence-corrected chi connectivity index (χ0v) is 9.09.